The van der Waals surface area contributed by atoms with E-state index in [4.69, 9.17) is 18.9 Å². The molecule has 2 aromatic carbocycles. The van der Waals surface area contributed by atoms with Gasteiger partial charge in [0.05, 0.1) is 7.11 Å². The molecule has 276 valence electrons. The maximum absolute atomic E-state index is 13.7. The largest absolute Gasteiger partial charge is 0.469 e. The fourth-order valence-corrected chi connectivity index (χ4v) is 11.0. The van der Waals surface area contributed by atoms with E-state index >= 15 is 0 Å². The molecular weight excluding hydrogens is 648 g/mol. The van der Waals surface area contributed by atoms with Crippen LogP contribution in [0.5, 0.6) is 0 Å². The summed E-state index contributed by atoms with van der Waals surface area (Å²) in [5, 5.41) is 5.89. The van der Waals surface area contributed by atoms with Crippen molar-refractivity contribution in [2.75, 3.05) is 17.7 Å². The molecule has 0 radical (unpaired) electrons. The number of esters is 2. The van der Waals surface area contributed by atoms with Crippen LogP contribution in [0.4, 0.5) is 21.0 Å². The average Bonchev–Trinajstić information content (AvgIpc) is 3.46. The highest BCUT2D eigenvalue weighted by Crippen LogP contribution is 2.69. The number of amides is 2. The van der Waals surface area contributed by atoms with E-state index in [-0.39, 0.29) is 65.1 Å². The van der Waals surface area contributed by atoms with Crippen molar-refractivity contribution < 1.29 is 38.1 Å². The van der Waals surface area contributed by atoms with Crippen LogP contribution in [0.25, 0.3) is 0 Å². The third-order valence-electron chi connectivity index (χ3n) is 13.4. The first-order chi connectivity index (χ1) is 24.4. The molecule has 0 aliphatic heterocycles. The second-order valence-electron chi connectivity index (χ2n) is 15.9. The number of ether oxygens (including phenoxy) is 4. The highest BCUT2D eigenvalue weighted by Gasteiger charge is 2.68. The highest BCUT2D eigenvalue weighted by atomic mass is 16.6. The number of hydrogen-bond donors (Lipinski definition) is 2. The van der Waals surface area contributed by atoms with Crippen LogP contribution in [0.3, 0.4) is 0 Å². The topological polar surface area (TPSA) is 129 Å². The Morgan fingerprint density at radius 2 is 1.43 bits per heavy atom. The summed E-state index contributed by atoms with van der Waals surface area (Å²) in [5.74, 6) is 0.224. The number of benzene rings is 2. The van der Waals surface area contributed by atoms with Crippen LogP contribution in [0.1, 0.15) is 85.5 Å². The first-order valence-electron chi connectivity index (χ1n) is 18.7. The van der Waals surface area contributed by atoms with E-state index in [1.165, 1.54) is 14.0 Å². The summed E-state index contributed by atoms with van der Waals surface area (Å²) in [4.78, 5) is 51.5. The smallest absolute Gasteiger partial charge is 0.411 e. The predicted molar refractivity (Wildman–Crippen MR) is 193 cm³/mol. The maximum Gasteiger partial charge on any atom is 0.411 e. The second-order valence-corrected chi connectivity index (χ2v) is 15.9. The molecule has 4 fully saturated rings. The molecule has 4 aliphatic rings. The molecule has 4 aliphatic carbocycles. The van der Waals surface area contributed by atoms with E-state index < -0.39 is 23.7 Å². The monoisotopic (exact) mass is 702 g/mol. The van der Waals surface area contributed by atoms with Gasteiger partial charge in [-0.05, 0) is 111 Å². The number of para-hydroxylation sites is 2. The fourth-order valence-electron chi connectivity index (χ4n) is 11.0. The summed E-state index contributed by atoms with van der Waals surface area (Å²) in [6.45, 7) is 8.28. The lowest BCUT2D eigenvalue weighted by Gasteiger charge is -2.64. The van der Waals surface area contributed by atoms with Crippen LogP contribution >= 0.6 is 0 Å². The molecular formula is C41H54N2O8. The van der Waals surface area contributed by atoms with E-state index in [1.807, 2.05) is 60.7 Å². The lowest BCUT2D eigenvalue weighted by molar-refractivity contribution is -0.207. The SMILES string of the molecule is COC(=O)CC[C@@H](C)[C@H]1CC[C@H]2[C@@H]3[C@H](OC(=O)Nc4ccccc4)C[C@@H]4C[C@H](OC(C)=O)CC[C@]4(C)[C@H]3C[C@H](OC(=O)Nc3ccccc3)[C@]12C. The number of anilines is 2. The van der Waals surface area contributed by atoms with Gasteiger partial charge >= 0.3 is 24.1 Å². The van der Waals surface area contributed by atoms with Gasteiger partial charge in [-0.25, -0.2) is 9.59 Å². The van der Waals surface area contributed by atoms with Crippen LogP contribution < -0.4 is 10.6 Å². The van der Waals surface area contributed by atoms with Crippen LogP contribution in [0.15, 0.2) is 60.7 Å². The molecule has 2 N–H and O–H groups in total. The van der Waals surface area contributed by atoms with Gasteiger partial charge in [-0.1, -0.05) is 57.2 Å². The third-order valence-corrected chi connectivity index (χ3v) is 13.4. The number of fused-ring (bicyclic) bond motifs is 5. The van der Waals surface area contributed by atoms with Gasteiger partial charge in [-0.2, -0.15) is 0 Å². The molecule has 0 heterocycles. The average molecular weight is 703 g/mol. The van der Waals surface area contributed by atoms with Gasteiger partial charge < -0.3 is 18.9 Å². The van der Waals surface area contributed by atoms with E-state index in [9.17, 15) is 19.2 Å². The Kier molecular flexibility index (Phi) is 11.0. The Morgan fingerprint density at radius 1 is 0.804 bits per heavy atom. The van der Waals surface area contributed by atoms with Crippen molar-refractivity contribution in [1.82, 2.24) is 0 Å². The van der Waals surface area contributed by atoms with Gasteiger partial charge in [0.25, 0.3) is 0 Å². The zero-order valence-corrected chi connectivity index (χ0v) is 30.6. The number of nitrogens with one attached hydrogen (secondary N) is 2. The number of methoxy groups -OCH3 is 1. The molecule has 51 heavy (non-hydrogen) atoms. The van der Waals surface area contributed by atoms with Crippen molar-refractivity contribution in [2.45, 2.75) is 104 Å². The number of hydrogen-bond acceptors (Lipinski definition) is 8. The maximum atomic E-state index is 13.7. The first-order valence-corrected chi connectivity index (χ1v) is 18.7. The molecule has 11 atom stereocenters. The lowest BCUT2D eigenvalue weighted by Crippen LogP contribution is -2.63. The first kappa shape index (κ1) is 36.7. The molecule has 0 bridgehead atoms. The Bertz CT molecular complexity index is 1550. The summed E-state index contributed by atoms with van der Waals surface area (Å²) in [7, 11) is 1.42. The minimum absolute atomic E-state index is 0.0397. The molecule has 2 aromatic rings. The Balaban J connectivity index is 1.35. The van der Waals surface area contributed by atoms with Gasteiger partial charge in [-0.3, -0.25) is 20.2 Å². The minimum Gasteiger partial charge on any atom is -0.469 e. The summed E-state index contributed by atoms with van der Waals surface area (Å²) in [6, 6.07) is 18.6. The van der Waals surface area contributed by atoms with Crippen molar-refractivity contribution in [3.05, 3.63) is 60.7 Å². The molecule has 4 saturated carbocycles. The van der Waals surface area contributed by atoms with Crippen molar-refractivity contribution >= 4 is 35.5 Å². The highest BCUT2D eigenvalue weighted by molar-refractivity contribution is 5.85. The van der Waals surface area contributed by atoms with Gasteiger partial charge in [-0.15, -0.1) is 0 Å². The van der Waals surface area contributed by atoms with Crippen LogP contribution in [0, 0.1) is 46.3 Å². The zero-order valence-electron chi connectivity index (χ0n) is 30.6. The fraction of sp³-hybridized carbons (Fsp3) is 0.610. The molecule has 10 nitrogen and oxygen atoms in total. The van der Waals surface area contributed by atoms with Crippen molar-refractivity contribution in [2.24, 2.45) is 46.3 Å². The predicted octanol–water partition coefficient (Wildman–Crippen LogP) is 8.62. The molecule has 2 amide bonds. The molecule has 0 spiro atoms. The van der Waals surface area contributed by atoms with E-state index in [0.29, 0.717) is 43.5 Å². The Labute approximate surface area is 301 Å². The lowest BCUT2D eigenvalue weighted by atomic mass is 9.43. The van der Waals surface area contributed by atoms with E-state index in [1.54, 1.807) is 0 Å². The van der Waals surface area contributed by atoms with Crippen LogP contribution in [-0.2, 0) is 28.5 Å². The second kappa shape index (κ2) is 15.3. The molecule has 0 aromatic heterocycles. The third kappa shape index (κ3) is 7.61. The molecule has 6 rings (SSSR count). The van der Waals surface area contributed by atoms with Crippen LogP contribution in [0.2, 0.25) is 0 Å². The van der Waals surface area contributed by atoms with Crippen molar-refractivity contribution in [1.29, 1.82) is 0 Å². The number of carbonyl (C=O) groups excluding carboxylic acids is 4. The quantitative estimate of drug-likeness (QED) is 0.196. The Morgan fingerprint density at radius 3 is 2.04 bits per heavy atom. The normalized spacial score (nSPS) is 34.4. The summed E-state index contributed by atoms with van der Waals surface area (Å²) in [6.07, 6.45) is 4.55. The number of rotatable bonds is 9. The van der Waals surface area contributed by atoms with Crippen molar-refractivity contribution in [3.63, 3.8) is 0 Å². The molecule has 0 unspecified atom stereocenters. The van der Waals surface area contributed by atoms with Crippen LogP contribution in [-0.4, -0.2) is 49.5 Å². The summed E-state index contributed by atoms with van der Waals surface area (Å²) < 4.78 is 23.8. The summed E-state index contributed by atoms with van der Waals surface area (Å²) >= 11 is 0. The van der Waals surface area contributed by atoms with E-state index in [0.717, 1.165) is 25.7 Å². The van der Waals surface area contributed by atoms with Gasteiger partial charge in [0.1, 0.15) is 18.3 Å². The Hall–Kier alpha value is -4.08. The van der Waals surface area contributed by atoms with Gasteiger partial charge in [0.15, 0.2) is 0 Å². The minimum atomic E-state index is -0.483. The standard InChI is InChI=1S/C41H54N2O8/c1-25(16-19-36(45)48-5)31-17-18-32-37-33(24-35(41(31,32)4)51-39(47)43-29-14-10-7-11-15-29)40(3)21-20-30(49-26(2)44)22-27(40)23-34(37)50-38(46)42-28-12-8-6-9-13-28/h6-15,25,27,30-35,37H,16-24H2,1-5H3,(H,42,46)(H,43,47)/t25-,27+,30-,31-,32+,33+,34-,35+,37+,40+,41-/m1/s1. The number of carbonyl (C=O) groups is 4. The van der Waals surface area contributed by atoms with Gasteiger partial charge in [0.2, 0.25) is 0 Å². The van der Waals surface area contributed by atoms with E-state index in [2.05, 4.69) is 31.4 Å². The zero-order chi connectivity index (χ0) is 36.3. The molecule has 0 saturated heterocycles. The molecule has 10 heteroatoms. The van der Waals surface area contributed by atoms with Gasteiger partial charge in [0, 0.05) is 36.1 Å². The summed E-state index contributed by atoms with van der Waals surface area (Å²) in [5.41, 5.74) is 0.767. The van der Waals surface area contributed by atoms with Crippen molar-refractivity contribution in [3.8, 4) is 0 Å².